The molecule has 1 amide bonds. The molecule has 10 heteroatoms. The summed E-state index contributed by atoms with van der Waals surface area (Å²) in [6.07, 6.45) is 8.04. The van der Waals surface area contributed by atoms with Crippen LogP contribution >= 0.6 is 11.3 Å². The maximum absolute atomic E-state index is 15.2. The van der Waals surface area contributed by atoms with Crippen LogP contribution in [0.15, 0.2) is 24.5 Å². The van der Waals surface area contributed by atoms with Crippen LogP contribution in [-0.4, -0.2) is 85.2 Å². The topological polar surface area (TPSA) is 73.8 Å². The molecular weight excluding hydrogens is 491 g/mol. The Balaban J connectivity index is 1.25. The average molecular weight is 525 g/mol. The molecule has 0 bridgehead atoms. The van der Waals surface area contributed by atoms with Crippen molar-refractivity contribution >= 4 is 44.7 Å². The third kappa shape index (κ3) is 4.78. The molecule has 1 aliphatic carbocycles. The van der Waals surface area contributed by atoms with Gasteiger partial charge < -0.3 is 19.9 Å². The summed E-state index contributed by atoms with van der Waals surface area (Å²) in [6.45, 7) is 5.06. The quantitative estimate of drug-likeness (QED) is 0.529. The summed E-state index contributed by atoms with van der Waals surface area (Å²) >= 11 is 1.50. The fourth-order valence-electron chi connectivity index (χ4n) is 5.87. The summed E-state index contributed by atoms with van der Waals surface area (Å²) in [4.78, 5) is 29.0. The molecule has 37 heavy (non-hydrogen) atoms. The molecule has 3 fully saturated rings. The normalized spacial score (nSPS) is 20.8. The Morgan fingerprint density at radius 3 is 2.78 bits per heavy atom. The number of hydrogen-bond acceptors (Lipinski definition) is 8. The molecule has 1 N–H and O–H groups in total. The van der Waals surface area contributed by atoms with Crippen LogP contribution in [0.1, 0.15) is 46.8 Å². The van der Waals surface area contributed by atoms with Gasteiger partial charge in [-0.25, -0.2) is 14.4 Å². The molecule has 3 aromatic heterocycles. The highest BCUT2D eigenvalue weighted by Crippen LogP contribution is 2.44. The molecule has 6 rings (SSSR count). The van der Waals surface area contributed by atoms with Crippen LogP contribution in [0, 0.1) is 5.82 Å². The van der Waals surface area contributed by atoms with Gasteiger partial charge in [0.25, 0.3) is 5.91 Å². The van der Waals surface area contributed by atoms with Crippen LogP contribution in [0.25, 0.3) is 10.1 Å². The highest BCUT2D eigenvalue weighted by molar-refractivity contribution is 7.21. The largest absolute Gasteiger partial charge is 0.378 e. The number of pyridine rings is 2. The first kappa shape index (κ1) is 24.5. The summed E-state index contributed by atoms with van der Waals surface area (Å²) in [5, 5.41) is 4.12. The first-order chi connectivity index (χ1) is 18.0. The number of nitrogens with one attached hydrogen (secondary N) is 1. The molecule has 0 radical (unpaired) electrons. The molecule has 5 heterocycles. The highest BCUT2D eigenvalue weighted by Gasteiger charge is 2.31. The Morgan fingerprint density at radius 1 is 1.16 bits per heavy atom. The van der Waals surface area contributed by atoms with E-state index in [2.05, 4.69) is 25.1 Å². The Morgan fingerprint density at radius 2 is 2.00 bits per heavy atom. The Kier molecular flexibility index (Phi) is 6.73. The number of anilines is 3. The maximum Gasteiger partial charge on any atom is 0.263 e. The van der Waals surface area contributed by atoms with Crippen molar-refractivity contribution in [2.75, 3.05) is 63.7 Å². The molecule has 1 atom stereocenters. The fourth-order valence-corrected chi connectivity index (χ4v) is 7.13. The number of piperazine rings is 1. The lowest BCUT2D eigenvalue weighted by molar-refractivity contribution is -0.0117. The van der Waals surface area contributed by atoms with Gasteiger partial charge in [0.1, 0.15) is 5.82 Å². The third-order valence-electron chi connectivity index (χ3n) is 7.85. The zero-order valence-electron chi connectivity index (χ0n) is 21.4. The molecule has 8 nitrogen and oxygen atoms in total. The lowest BCUT2D eigenvalue weighted by atomic mass is 9.94. The number of amides is 1. The van der Waals surface area contributed by atoms with Gasteiger partial charge in [0.2, 0.25) is 0 Å². The molecule has 1 saturated carbocycles. The van der Waals surface area contributed by atoms with Crippen LogP contribution in [0.2, 0.25) is 0 Å². The van der Waals surface area contributed by atoms with Gasteiger partial charge in [-0.05, 0) is 30.4 Å². The number of aromatic nitrogens is 2. The number of nitrogens with zero attached hydrogens (tertiary/aromatic N) is 5. The minimum atomic E-state index is -0.411. The second-order valence-electron chi connectivity index (χ2n) is 10.5. The SMILES string of the molecule is CN(C)C(=O)c1sc2cnc(Nc3ncc(N4CCN5CCOC[C@H]5C4)cc3F)cc2c1C1CCCC1. The summed E-state index contributed by atoms with van der Waals surface area (Å²) in [6, 6.07) is 3.84. The average Bonchev–Trinajstić information content (AvgIpc) is 3.56. The zero-order chi connectivity index (χ0) is 25.5. The third-order valence-corrected chi connectivity index (χ3v) is 9.00. The molecule has 196 valence electrons. The highest BCUT2D eigenvalue weighted by atomic mass is 32.1. The minimum Gasteiger partial charge on any atom is -0.378 e. The summed E-state index contributed by atoms with van der Waals surface area (Å²) in [7, 11) is 3.58. The number of halogens is 1. The van der Waals surface area contributed by atoms with Crippen molar-refractivity contribution in [3.8, 4) is 0 Å². The standard InChI is InChI=1S/C27H33FN6O2S/c1-32(2)27(35)25-24(17-5-3-4-6-17)20-12-23(29-14-22(20)37-25)31-26-21(28)11-18(13-30-26)34-8-7-33-9-10-36-16-19(33)15-34/h11-14,17,19H,3-10,15-16H2,1-2H3,(H,29,30,31)/t19-/m1/s1. The minimum absolute atomic E-state index is 0.0292. The Labute approximate surface area is 220 Å². The van der Waals surface area contributed by atoms with Crippen LogP contribution in [-0.2, 0) is 4.74 Å². The lowest BCUT2D eigenvalue weighted by Crippen LogP contribution is -2.58. The van der Waals surface area contributed by atoms with E-state index >= 15 is 4.39 Å². The van der Waals surface area contributed by atoms with E-state index in [1.54, 1.807) is 37.5 Å². The van der Waals surface area contributed by atoms with Crippen LogP contribution in [0.4, 0.5) is 21.7 Å². The van der Waals surface area contributed by atoms with Crippen molar-refractivity contribution < 1.29 is 13.9 Å². The van der Waals surface area contributed by atoms with Crippen LogP contribution < -0.4 is 10.2 Å². The van der Waals surface area contributed by atoms with E-state index in [1.165, 1.54) is 24.2 Å². The van der Waals surface area contributed by atoms with Gasteiger partial charge in [-0.3, -0.25) is 9.69 Å². The Bertz CT molecular complexity index is 1310. The zero-order valence-corrected chi connectivity index (χ0v) is 22.2. The number of rotatable bonds is 5. The van der Waals surface area contributed by atoms with Crippen molar-refractivity contribution in [3.63, 3.8) is 0 Å². The molecule has 0 spiro atoms. The van der Waals surface area contributed by atoms with E-state index in [0.717, 1.165) is 71.8 Å². The second-order valence-corrected chi connectivity index (χ2v) is 11.5. The number of carbonyl (C=O) groups is 1. The van der Waals surface area contributed by atoms with Gasteiger partial charge >= 0.3 is 0 Å². The Hall–Kier alpha value is -2.82. The van der Waals surface area contributed by atoms with Crippen molar-refractivity contribution in [3.05, 3.63) is 40.8 Å². The van der Waals surface area contributed by atoms with E-state index in [4.69, 9.17) is 4.74 Å². The van der Waals surface area contributed by atoms with Crippen molar-refractivity contribution in [1.82, 2.24) is 19.8 Å². The monoisotopic (exact) mass is 524 g/mol. The van der Waals surface area contributed by atoms with Crippen LogP contribution in [0.3, 0.4) is 0 Å². The number of fused-ring (bicyclic) bond motifs is 2. The van der Waals surface area contributed by atoms with Gasteiger partial charge in [0.15, 0.2) is 11.6 Å². The molecular formula is C27H33FN6O2S. The lowest BCUT2D eigenvalue weighted by Gasteiger charge is -2.44. The smallest absolute Gasteiger partial charge is 0.263 e. The summed E-state index contributed by atoms with van der Waals surface area (Å²) in [5.74, 6) is 0.665. The van der Waals surface area contributed by atoms with Gasteiger partial charge in [-0.15, -0.1) is 11.3 Å². The summed E-state index contributed by atoms with van der Waals surface area (Å²) in [5.41, 5.74) is 1.90. The molecule has 0 aromatic carbocycles. The van der Waals surface area contributed by atoms with Crippen molar-refractivity contribution in [2.24, 2.45) is 0 Å². The number of carbonyl (C=O) groups excluding carboxylic acids is 1. The van der Waals surface area contributed by atoms with Crippen molar-refractivity contribution in [2.45, 2.75) is 37.6 Å². The number of ether oxygens (including phenoxy) is 1. The number of thiophene rings is 1. The fraction of sp³-hybridized carbons (Fsp3) is 0.519. The predicted octanol–water partition coefficient (Wildman–Crippen LogP) is 4.45. The first-order valence-corrected chi connectivity index (χ1v) is 13.9. The maximum atomic E-state index is 15.2. The molecule has 2 saturated heterocycles. The second kappa shape index (κ2) is 10.2. The van der Waals surface area contributed by atoms with Crippen molar-refractivity contribution in [1.29, 1.82) is 0 Å². The van der Waals surface area contributed by atoms with Gasteiger partial charge in [-0.1, -0.05) is 12.8 Å². The van der Waals surface area contributed by atoms with E-state index in [1.807, 2.05) is 6.07 Å². The van der Waals surface area contributed by atoms with Gasteiger partial charge in [0.05, 0.1) is 40.7 Å². The number of morpholine rings is 1. The first-order valence-electron chi connectivity index (χ1n) is 13.1. The predicted molar refractivity (Wildman–Crippen MR) is 145 cm³/mol. The van der Waals surface area contributed by atoms with E-state index < -0.39 is 5.82 Å². The van der Waals surface area contributed by atoms with E-state index in [9.17, 15) is 4.79 Å². The molecule has 3 aliphatic rings. The molecule has 3 aromatic rings. The van der Waals surface area contributed by atoms with E-state index in [-0.39, 0.29) is 11.7 Å². The van der Waals surface area contributed by atoms with Crippen LogP contribution in [0.5, 0.6) is 0 Å². The van der Waals surface area contributed by atoms with Gasteiger partial charge in [0, 0.05) is 57.9 Å². The molecule has 0 unspecified atom stereocenters. The van der Waals surface area contributed by atoms with Gasteiger partial charge in [-0.2, -0.15) is 0 Å². The van der Waals surface area contributed by atoms with E-state index in [0.29, 0.717) is 24.4 Å². The summed E-state index contributed by atoms with van der Waals surface area (Å²) < 4.78 is 21.8. The number of hydrogen-bond donors (Lipinski definition) is 1. The molecule has 2 aliphatic heterocycles.